The van der Waals surface area contributed by atoms with Gasteiger partial charge in [-0.05, 0) is 37.1 Å². The van der Waals surface area contributed by atoms with E-state index in [-0.39, 0.29) is 0 Å². The Morgan fingerprint density at radius 1 is 1.23 bits per heavy atom. The van der Waals surface area contributed by atoms with Gasteiger partial charge in [-0.15, -0.1) is 0 Å². The van der Waals surface area contributed by atoms with Crippen LogP contribution in [0.1, 0.15) is 25.3 Å². The summed E-state index contributed by atoms with van der Waals surface area (Å²) in [6.45, 7) is 4.44. The molecule has 1 amide bonds. The number of hydrogen-bond donors (Lipinski definition) is 1. The Morgan fingerprint density at radius 2 is 1.96 bits per heavy atom. The number of anilines is 1. The Kier molecular flexibility index (Phi) is 7.72. The van der Waals surface area contributed by atoms with E-state index >= 15 is 0 Å². The van der Waals surface area contributed by atoms with Crippen LogP contribution in [-0.4, -0.2) is 62.9 Å². The second-order valence-corrected chi connectivity index (χ2v) is 6.35. The van der Waals surface area contributed by atoms with Crippen molar-refractivity contribution in [3.8, 4) is 0 Å². The van der Waals surface area contributed by atoms with Gasteiger partial charge < -0.3 is 20.1 Å². The van der Waals surface area contributed by atoms with Crippen LogP contribution in [0.25, 0.3) is 0 Å². The Morgan fingerprint density at radius 3 is 2.58 bits per heavy atom. The van der Waals surface area contributed by atoms with Crippen molar-refractivity contribution in [3.05, 3.63) is 29.8 Å². The monoisotopic (exact) mass is 363 g/mol. The number of carbonyl (C=O) groups excluding carboxylic acids is 2. The zero-order valence-electron chi connectivity index (χ0n) is 15.6. The maximum Gasteiger partial charge on any atom is 0.410 e. The molecule has 1 fully saturated rings. The molecule has 144 valence electrons. The largest absolute Gasteiger partial charge is 0.467 e. The third kappa shape index (κ3) is 5.11. The number of methoxy groups -OCH3 is 1. The molecule has 0 bridgehead atoms. The molecule has 26 heavy (non-hydrogen) atoms. The number of benzene rings is 1. The first-order chi connectivity index (χ1) is 12.6. The van der Waals surface area contributed by atoms with Crippen LogP contribution >= 0.6 is 0 Å². The fraction of sp³-hybridized carbons (Fsp3) is 0.579. The van der Waals surface area contributed by atoms with Crippen molar-refractivity contribution in [1.29, 1.82) is 0 Å². The molecule has 0 saturated carbocycles. The smallest absolute Gasteiger partial charge is 0.410 e. The molecule has 1 unspecified atom stereocenters. The van der Waals surface area contributed by atoms with E-state index in [2.05, 4.69) is 4.90 Å². The normalized spacial score (nSPS) is 17.1. The number of hydrogen-bond acceptors (Lipinski definition) is 6. The quantitative estimate of drug-likeness (QED) is 0.587. The van der Waals surface area contributed by atoms with Gasteiger partial charge in [-0.2, -0.15) is 0 Å². The summed E-state index contributed by atoms with van der Waals surface area (Å²) >= 11 is 0. The molecule has 7 heteroatoms. The van der Waals surface area contributed by atoms with Crippen LogP contribution in [0.3, 0.4) is 0 Å². The van der Waals surface area contributed by atoms with Crippen LogP contribution in [0.2, 0.25) is 0 Å². The number of nitrogens with zero attached hydrogens (tertiary/aromatic N) is 2. The maximum absolute atomic E-state index is 12.3. The van der Waals surface area contributed by atoms with Crippen molar-refractivity contribution in [1.82, 2.24) is 4.90 Å². The van der Waals surface area contributed by atoms with Gasteiger partial charge in [-0.1, -0.05) is 25.5 Å². The molecule has 0 aromatic heterocycles. The lowest BCUT2D eigenvalue weighted by molar-refractivity contribution is -0.146. The zero-order chi connectivity index (χ0) is 18.9. The molecule has 1 aromatic rings. The summed E-state index contributed by atoms with van der Waals surface area (Å²) in [5.74, 6) is -0.429. The maximum atomic E-state index is 12.3. The number of amides is 1. The minimum atomic E-state index is -0.674. The molecule has 2 N–H and O–H groups in total. The molecule has 1 aliphatic heterocycles. The lowest BCUT2D eigenvalue weighted by Crippen LogP contribution is -2.58. The average molecular weight is 363 g/mol. The topological polar surface area (TPSA) is 85.1 Å². The molecule has 0 spiro atoms. The van der Waals surface area contributed by atoms with E-state index in [1.165, 1.54) is 17.6 Å². The number of nitrogens with two attached hydrogens (primary N) is 1. The van der Waals surface area contributed by atoms with Crippen molar-refractivity contribution in [3.63, 3.8) is 0 Å². The minimum Gasteiger partial charge on any atom is -0.467 e. The molecule has 1 saturated heterocycles. The lowest BCUT2D eigenvalue weighted by atomic mass is 10.1. The number of rotatable bonds is 7. The molecule has 1 aliphatic rings. The predicted molar refractivity (Wildman–Crippen MR) is 100 cm³/mol. The van der Waals surface area contributed by atoms with E-state index in [0.29, 0.717) is 32.8 Å². The van der Waals surface area contributed by atoms with Gasteiger partial charge in [0.15, 0.2) is 6.04 Å². The van der Waals surface area contributed by atoms with Crippen LogP contribution in [0.4, 0.5) is 10.5 Å². The minimum absolute atomic E-state index is 0.367. The summed E-state index contributed by atoms with van der Waals surface area (Å²) in [4.78, 5) is 28.1. The van der Waals surface area contributed by atoms with Gasteiger partial charge in [0, 0.05) is 25.3 Å². The third-order valence-electron chi connectivity index (χ3n) is 4.55. The summed E-state index contributed by atoms with van der Waals surface area (Å²) in [5, 5.41) is 0. The number of ether oxygens (including phenoxy) is 2. The van der Waals surface area contributed by atoms with Gasteiger partial charge in [-0.25, -0.2) is 9.59 Å². The third-order valence-corrected chi connectivity index (χ3v) is 4.55. The van der Waals surface area contributed by atoms with Crippen molar-refractivity contribution < 1.29 is 19.1 Å². The van der Waals surface area contributed by atoms with E-state index < -0.39 is 18.1 Å². The van der Waals surface area contributed by atoms with Crippen molar-refractivity contribution >= 4 is 17.7 Å². The number of esters is 1. The number of unbranched alkanes of at least 4 members (excludes halogenated alkanes) is 1. The number of carbonyl (C=O) groups is 2. The molecule has 0 aliphatic carbocycles. The van der Waals surface area contributed by atoms with Crippen LogP contribution in [-0.2, 0) is 20.7 Å². The molecule has 0 radical (unpaired) electrons. The lowest BCUT2D eigenvalue weighted by Gasteiger charge is -2.40. The SMILES string of the molecule is CCCCOC(=O)N1CCN(c2ccc(CCN)cc2)CC1C(=O)OC. The van der Waals surface area contributed by atoms with Crippen LogP contribution < -0.4 is 10.6 Å². The highest BCUT2D eigenvalue weighted by molar-refractivity contribution is 5.82. The van der Waals surface area contributed by atoms with Crippen molar-refractivity contribution in [2.24, 2.45) is 5.73 Å². The zero-order valence-corrected chi connectivity index (χ0v) is 15.6. The highest BCUT2D eigenvalue weighted by Gasteiger charge is 2.37. The van der Waals surface area contributed by atoms with Gasteiger partial charge in [0.25, 0.3) is 0 Å². The second-order valence-electron chi connectivity index (χ2n) is 6.35. The molecular formula is C19H29N3O4. The fourth-order valence-electron chi connectivity index (χ4n) is 3.00. The van der Waals surface area contributed by atoms with E-state index in [1.54, 1.807) is 0 Å². The van der Waals surface area contributed by atoms with Crippen molar-refractivity contribution in [2.75, 3.05) is 44.8 Å². The van der Waals surface area contributed by atoms with Gasteiger partial charge in [0.1, 0.15) is 0 Å². The predicted octanol–water partition coefficient (Wildman–Crippen LogP) is 1.79. The fourth-order valence-corrected chi connectivity index (χ4v) is 3.00. The molecule has 2 rings (SSSR count). The summed E-state index contributed by atoms with van der Waals surface area (Å²) in [6, 6.07) is 7.46. The molecule has 1 atom stereocenters. The Labute approximate surface area is 155 Å². The summed E-state index contributed by atoms with van der Waals surface area (Å²) in [6.07, 6.45) is 2.14. The Hall–Kier alpha value is -2.28. The second kappa shape index (κ2) is 10.0. The first kappa shape index (κ1) is 20.0. The highest BCUT2D eigenvalue weighted by atomic mass is 16.6. The summed E-state index contributed by atoms with van der Waals surface area (Å²) in [5.41, 5.74) is 7.78. The van der Waals surface area contributed by atoms with Crippen LogP contribution in [0.5, 0.6) is 0 Å². The highest BCUT2D eigenvalue weighted by Crippen LogP contribution is 2.21. The standard InChI is InChI=1S/C19H29N3O4/c1-3-4-13-26-19(24)22-12-11-21(14-17(22)18(23)25-2)16-7-5-15(6-8-16)9-10-20/h5-8,17H,3-4,9-14,20H2,1-2H3. The van der Waals surface area contributed by atoms with Gasteiger partial charge >= 0.3 is 12.1 Å². The summed E-state index contributed by atoms with van der Waals surface area (Å²) < 4.78 is 10.2. The number of piperazine rings is 1. The van der Waals surface area contributed by atoms with E-state index in [9.17, 15) is 9.59 Å². The first-order valence-electron chi connectivity index (χ1n) is 9.15. The molecule has 1 aromatic carbocycles. The van der Waals surface area contributed by atoms with Gasteiger partial charge in [-0.3, -0.25) is 4.90 Å². The van der Waals surface area contributed by atoms with E-state index in [4.69, 9.17) is 15.2 Å². The molecule has 7 nitrogen and oxygen atoms in total. The van der Waals surface area contributed by atoms with Gasteiger partial charge in [0.05, 0.1) is 13.7 Å². The average Bonchev–Trinajstić information content (AvgIpc) is 2.68. The Balaban J connectivity index is 2.06. The van der Waals surface area contributed by atoms with Crippen LogP contribution in [0.15, 0.2) is 24.3 Å². The first-order valence-corrected chi connectivity index (χ1v) is 9.15. The van der Waals surface area contributed by atoms with E-state index in [1.807, 2.05) is 31.2 Å². The van der Waals surface area contributed by atoms with Gasteiger partial charge in [0.2, 0.25) is 0 Å². The molecular weight excluding hydrogens is 334 g/mol. The Bertz CT molecular complexity index is 591. The van der Waals surface area contributed by atoms with Crippen molar-refractivity contribution in [2.45, 2.75) is 32.2 Å². The van der Waals surface area contributed by atoms with E-state index in [0.717, 1.165) is 24.9 Å². The van der Waals surface area contributed by atoms with Crippen LogP contribution in [0, 0.1) is 0 Å². The summed E-state index contributed by atoms with van der Waals surface area (Å²) in [7, 11) is 1.34. The molecule has 1 heterocycles.